The first-order valence-electron chi connectivity index (χ1n) is 5.04. The normalized spacial score (nSPS) is 14.8. The highest BCUT2D eigenvalue weighted by Gasteiger charge is 2.10. The van der Waals surface area contributed by atoms with E-state index in [1.165, 1.54) is 12.1 Å². The van der Waals surface area contributed by atoms with Crippen molar-refractivity contribution in [2.75, 3.05) is 5.75 Å². The molecule has 0 heterocycles. The average Bonchev–Trinajstić information content (AvgIpc) is 2.22. The van der Waals surface area contributed by atoms with E-state index < -0.39 is 22.4 Å². The van der Waals surface area contributed by atoms with E-state index in [9.17, 15) is 13.0 Å². The second-order valence-corrected chi connectivity index (χ2v) is 5.34. The SMILES string of the molecule is CC(N)CCS(=O)Cc1cccc(F)c1F. The van der Waals surface area contributed by atoms with Gasteiger partial charge in [-0.25, -0.2) is 8.78 Å². The van der Waals surface area contributed by atoms with Crippen LogP contribution in [0.25, 0.3) is 0 Å². The minimum absolute atomic E-state index is 0.0266. The van der Waals surface area contributed by atoms with Crippen LogP contribution < -0.4 is 5.73 Å². The van der Waals surface area contributed by atoms with Gasteiger partial charge in [0.1, 0.15) is 0 Å². The summed E-state index contributed by atoms with van der Waals surface area (Å²) < 4.78 is 37.6. The molecule has 5 heteroatoms. The van der Waals surface area contributed by atoms with Crippen molar-refractivity contribution in [1.29, 1.82) is 0 Å². The van der Waals surface area contributed by atoms with Gasteiger partial charge < -0.3 is 5.73 Å². The van der Waals surface area contributed by atoms with Gasteiger partial charge in [-0.1, -0.05) is 12.1 Å². The number of halogens is 2. The monoisotopic (exact) mass is 247 g/mol. The van der Waals surface area contributed by atoms with E-state index in [1.807, 2.05) is 6.92 Å². The first-order valence-corrected chi connectivity index (χ1v) is 6.53. The molecule has 0 aliphatic carbocycles. The number of hydrogen-bond donors (Lipinski definition) is 1. The number of rotatable bonds is 5. The van der Waals surface area contributed by atoms with Crippen LogP contribution in [-0.4, -0.2) is 16.0 Å². The quantitative estimate of drug-likeness (QED) is 0.864. The van der Waals surface area contributed by atoms with E-state index >= 15 is 0 Å². The molecule has 2 nitrogen and oxygen atoms in total. The largest absolute Gasteiger partial charge is 0.328 e. The van der Waals surface area contributed by atoms with E-state index in [-0.39, 0.29) is 17.4 Å². The Hall–Kier alpha value is -0.810. The van der Waals surface area contributed by atoms with Crippen molar-refractivity contribution >= 4 is 10.8 Å². The molecule has 0 aliphatic heterocycles. The van der Waals surface area contributed by atoms with Crippen molar-refractivity contribution in [3.63, 3.8) is 0 Å². The lowest BCUT2D eigenvalue weighted by Crippen LogP contribution is -2.18. The topological polar surface area (TPSA) is 43.1 Å². The molecule has 2 N–H and O–H groups in total. The molecule has 0 aliphatic rings. The highest BCUT2D eigenvalue weighted by Crippen LogP contribution is 2.13. The first kappa shape index (κ1) is 13.3. The Balaban J connectivity index is 2.59. The molecule has 0 saturated heterocycles. The highest BCUT2D eigenvalue weighted by molar-refractivity contribution is 7.84. The maximum absolute atomic E-state index is 13.2. The molecule has 0 spiro atoms. The summed E-state index contributed by atoms with van der Waals surface area (Å²) in [6, 6.07) is 3.88. The van der Waals surface area contributed by atoms with Crippen molar-refractivity contribution in [1.82, 2.24) is 0 Å². The standard InChI is InChI=1S/C11H15F2NOS/c1-8(14)5-6-16(15)7-9-3-2-4-10(12)11(9)13/h2-4,8H,5-7,14H2,1H3. The molecule has 1 rings (SSSR count). The molecule has 1 aromatic carbocycles. The number of nitrogens with two attached hydrogens (primary N) is 1. The minimum atomic E-state index is -1.20. The van der Waals surface area contributed by atoms with E-state index in [4.69, 9.17) is 5.73 Å². The van der Waals surface area contributed by atoms with Crippen molar-refractivity contribution < 1.29 is 13.0 Å². The zero-order valence-electron chi connectivity index (χ0n) is 9.08. The van der Waals surface area contributed by atoms with Crippen LogP contribution in [0.2, 0.25) is 0 Å². The molecule has 0 saturated carbocycles. The summed E-state index contributed by atoms with van der Waals surface area (Å²) in [5.74, 6) is -1.36. The number of hydrogen-bond acceptors (Lipinski definition) is 2. The van der Waals surface area contributed by atoms with Gasteiger partial charge in [0.15, 0.2) is 11.6 Å². The summed E-state index contributed by atoms with van der Waals surface area (Å²) in [4.78, 5) is 0. The fourth-order valence-corrected chi connectivity index (χ4v) is 2.57. The lowest BCUT2D eigenvalue weighted by atomic mass is 10.2. The van der Waals surface area contributed by atoms with Crippen LogP contribution in [0, 0.1) is 11.6 Å². The number of benzene rings is 1. The first-order chi connectivity index (χ1) is 7.50. The maximum Gasteiger partial charge on any atom is 0.162 e. The minimum Gasteiger partial charge on any atom is -0.328 e. The Bertz CT molecular complexity index is 382. The van der Waals surface area contributed by atoms with Crippen LogP contribution in [-0.2, 0) is 16.6 Å². The Kier molecular flexibility index (Phi) is 5.02. The van der Waals surface area contributed by atoms with E-state index in [0.29, 0.717) is 12.2 Å². The van der Waals surface area contributed by atoms with E-state index in [2.05, 4.69) is 0 Å². The third kappa shape index (κ3) is 3.98. The zero-order chi connectivity index (χ0) is 12.1. The third-order valence-corrected chi connectivity index (χ3v) is 3.47. The Morgan fingerprint density at radius 2 is 2.12 bits per heavy atom. The molecule has 90 valence electrons. The van der Waals surface area contributed by atoms with Gasteiger partial charge in [-0.2, -0.15) is 0 Å². The second kappa shape index (κ2) is 6.06. The average molecular weight is 247 g/mol. The zero-order valence-corrected chi connectivity index (χ0v) is 9.90. The predicted octanol–water partition coefficient (Wildman–Crippen LogP) is 1.95. The highest BCUT2D eigenvalue weighted by atomic mass is 32.2. The smallest absolute Gasteiger partial charge is 0.162 e. The van der Waals surface area contributed by atoms with Crippen LogP contribution in [0.15, 0.2) is 18.2 Å². The molecule has 1 aromatic rings. The second-order valence-electron chi connectivity index (χ2n) is 3.77. The Morgan fingerprint density at radius 3 is 2.75 bits per heavy atom. The maximum atomic E-state index is 13.2. The van der Waals surface area contributed by atoms with Gasteiger partial charge in [0, 0.05) is 28.2 Å². The lowest BCUT2D eigenvalue weighted by Gasteiger charge is -2.06. The molecule has 0 fully saturated rings. The summed E-state index contributed by atoms with van der Waals surface area (Å²) in [5, 5.41) is 0. The van der Waals surface area contributed by atoms with Crippen LogP contribution >= 0.6 is 0 Å². The summed E-state index contributed by atoms with van der Waals surface area (Å²) in [6.45, 7) is 1.82. The molecular weight excluding hydrogens is 232 g/mol. The predicted molar refractivity (Wildman–Crippen MR) is 61.3 cm³/mol. The van der Waals surface area contributed by atoms with Gasteiger partial charge >= 0.3 is 0 Å². The molecule has 0 amide bonds. The molecule has 2 unspecified atom stereocenters. The molecule has 0 bridgehead atoms. The van der Waals surface area contributed by atoms with Gasteiger partial charge in [0.2, 0.25) is 0 Å². The van der Waals surface area contributed by atoms with Crippen LogP contribution in [0.1, 0.15) is 18.9 Å². The third-order valence-electron chi connectivity index (χ3n) is 2.15. The van der Waals surface area contributed by atoms with Crippen LogP contribution in [0.5, 0.6) is 0 Å². The lowest BCUT2D eigenvalue weighted by molar-refractivity contribution is 0.502. The fraction of sp³-hybridized carbons (Fsp3) is 0.455. The molecule has 2 atom stereocenters. The van der Waals surface area contributed by atoms with Gasteiger partial charge in [-0.05, 0) is 19.4 Å². The summed E-state index contributed by atoms with van der Waals surface area (Å²) in [7, 11) is -1.20. The van der Waals surface area contributed by atoms with Crippen molar-refractivity contribution in [2.24, 2.45) is 5.73 Å². The summed E-state index contributed by atoms with van der Waals surface area (Å²) in [5.41, 5.74) is 5.68. The van der Waals surface area contributed by atoms with Gasteiger partial charge in [-0.15, -0.1) is 0 Å². The Labute approximate surface area is 96.3 Å². The molecular formula is C11H15F2NOS. The van der Waals surface area contributed by atoms with Gasteiger partial charge in [-0.3, -0.25) is 4.21 Å². The van der Waals surface area contributed by atoms with Gasteiger partial charge in [0.05, 0.1) is 5.75 Å². The van der Waals surface area contributed by atoms with Crippen LogP contribution in [0.4, 0.5) is 8.78 Å². The van der Waals surface area contributed by atoms with Crippen molar-refractivity contribution in [3.8, 4) is 0 Å². The van der Waals surface area contributed by atoms with Gasteiger partial charge in [0.25, 0.3) is 0 Å². The van der Waals surface area contributed by atoms with E-state index in [0.717, 1.165) is 6.07 Å². The molecule has 0 radical (unpaired) electrons. The summed E-state index contributed by atoms with van der Waals surface area (Å²) in [6.07, 6.45) is 0.615. The summed E-state index contributed by atoms with van der Waals surface area (Å²) >= 11 is 0. The molecule has 16 heavy (non-hydrogen) atoms. The Morgan fingerprint density at radius 1 is 1.44 bits per heavy atom. The van der Waals surface area contributed by atoms with Crippen molar-refractivity contribution in [2.45, 2.75) is 25.1 Å². The fourth-order valence-electron chi connectivity index (χ4n) is 1.22. The van der Waals surface area contributed by atoms with E-state index in [1.54, 1.807) is 0 Å². The van der Waals surface area contributed by atoms with Crippen LogP contribution in [0.3, 0.4) is 0 Å². The van der Waals surface area contributed by atoms with Crippen molar-refractivity contribution in [3.05, 3.63) is 35.4 Å². The molecule has 0 aromatic heterocycles.